The van der Waals surface area contributed by atoms with Crippen LogP contribution in [0.1, 0.15) is 5.56 Å². The predicted molar refractivity (Wildman–Crippen MR) is 76.9 cm³/mol. The van der Waals surface area contributed by atoms with Crippen LogP contribution in [0.5, 0.6) is 5.75 Å². The van der Waals surface area contributed by atoms with Gasteiger partial charge in [0.2, 0.25) is 0 Å². The van der Waals surface area contributed by atoms with Gasteiger partial charge in [0.05, 0.1) is 15.7 Å². The summed E-state index contributed by atoms with van der Waals surface area (Å²) in [6, 6.07) is 10.3. The van der Waals surface area contributed by atoms with Gasteiger partial charge in [-0.05, 0) is 35.9 Å². The lowest BCUT2D eigenvalue weighted by molar-refractivity contribution is 0.475. The van der Waals surface area contributed by atoms with Crippen LogP contribution < -0.4 is 5.32 Å². The zero-order chi connectivity index (χ0) is 13.1. The van der Waals surface area contributed by atoms with Gasteiger partial charge in [0, 0.05) is 11.6 Å². The van der Waals surface area contributed by atoms with Crippen molar-refractivity contribution >= 4 is 40.5 Å². The van der Waals surface area contributed by atoms with Gasteiger partial charge in [-0.1, -0.05) is 40.9 Å². The molecule has 0 radical (unpaired) electrons. The second kappa shape index (κ2) is 5.70. The Hall–Kier alpha value is -1.09. The molecule has 94 valence electrons. The molecule has 0 fully saturated rings. The second-order valence-corrected chi connectivity index (χ2v) is 5.01. The standard InChI is InChI=1S/C13H10Cl3NO/c14-9-2-3-10(15)12(6-9)17-7-8-1-4-13(18)11(16)5-8/h1-6,17-18H,7H2. The number of hydrogen-bond donors (Lipinski definition) is 2. The van der Waals surface area contributed by atoms with Gasteiger partial charge in [-0.15, -0.1) is 0 Å². The van der Waals surface area contributed by atoms with Gasteiger partial charge < -0.3 is 10.4 Å². The van der Waals surface area contributed by atoms with Gasteiger partial charge in [-0.3, -0.25) is 0 Å². The summed E-state index contributed by atoms with van der Waals surface area (Å²) in [4.78, 5) is 0. The van der Waals surface area contributed by atoms with Crippen LogP contribution in [0.3, 0.4) is 0 Å². The molecule has 0 aliphatic carbocycles. The molecule has 2 aromatic rings. The van der Waals surface area contributed by atoms with Crippen molar-refractivity contribution in [3.8, 4) is 5.75 Å². The highest BCUT2D eigenvalue weighted by atomic mass is 35.5. The molecular formula is C13H10Cl3NO. The second-order valence-electron chi connectivity index (χ2n) is 3.76. The first-order valence-corrected chi connectivity index (χ1v) is 6.36. The van der Waals surface area contributed by atoms with Crippen molar-refractivity contribution in [2.75, 3.05) is 5.32 Å². The van der Waals surface area contributed by atoms with Crippen molar-refractivity contribution in [2.45, 2.75) is 6.54 Å². The molecular weight excluding hydrogens is 293 g/mol. The molecule has 0 bridgehead atoms. The molecule has 0 heterocycles. The van der Waals surface area contributed by atoms with Crippen LogP contribution in [0.15, 0.2) is 36.4 Å². The van der Waals surface area contributed by atoms with Crippen LogP contribution in [-0.2, 0) is 6.54 Å². The number of benzene rings is 2. The molecule has 2 aromatic carbocycles. The highest BCUT2D eigenvalue weighted by Crippen LogP contribution is 2.27. The van der Waals surface area contributed by atoms with Gasteiger partial charge in [-0.2, -0.15) is 0 Å². The number of anilines is 1. The predicted octanol–water partition coefficient (Wildman–Crippen LogP) is 4.96. The fraction of sp³-hybridized carbons (Fsp3) is 0.0769. The number of halogens is 3. The zero-order valence-electron chi connectivity index (χ0n) is 9.25. The van der Waals surface area contributed by atoms with E-state index in [2.05, 4.69) is 5.32 Å². The van der Waals surface area contributed by atoms with Gasteiger partial charge in [0.25, 0.3) is 0 Å². The lowest BCUT2D eigenvalue weighted by Crippen LogP contribution is -1.99. The molecule has 0 aliphatic rings. The minimum absolute atomic E-state index is 0.0706. The molecule has 0 amide bonds. The Morgan fingerprint density at radius 2 is 1.72 bits per heavy atom. The van der Waals surface area contributed by atoms with E-state index < -0.39 is 0 Å². The van der Waals surface area contributed by atoms with Crippen molar-refractivity contribution in [1.29, 1.82) is 0 Å². The normalized spacial score (nSPS) is 10.4. The minimum atomic E-state index is 0.0706. The summed E-state index contributed by atoms with van der Waals surface area (Å²) in [6.45, 7) is 0.542. The molecule has 18 heavy (non-hydrogen) atoms. The lowest BCUT2D eigenvalue weighted by atomic mass is 10.2. The number of hydrogen-bond acceptors (Lipinski definition) is 2. The number of phenolic OH excluding ortho intramolecular Hbond substituents is 1. The van der Waals surface area contributed by atoms with Gasteiger partial charge >= 0.3 is 0 Å². The largest absolute Gasteiger partial charge is 0.506 e. The summed E-state index contributed by atoms with van der Waals surface area (Å²) >= 11 is 17.8. The Morgan fingerprint density at radius 1 is 0.944 bits per heavy atom. The number of rotatable bonds is 3. The SMILES string of the molecule is Oc1ccc(CNc2cc(Cl)ccc2Cl)cc1Cl. The van der Waals surface area contributed by atoms with E-state index in [1.165, 1.54) is 0 Å². The Bertz CT molecular complexity index is 572. The summed E-state index contributed by atoms with van der Waals surface area (Å²) in [7, 11) is 0. The van der Waals surface area contributed by atoms with Crippen molar-refractivity contribution in [3.05, 3.63) is 57.0 Å². The van der Waals surface area contributed by atoms with Crippen molar-refractivity contribution in [2.24, 2.45) is 0 Å². The quantitative estimate of drug-likeness (QED) is 0.839. The zero-order valence-corrected chi connectivity index (χ0v) is 11.5. The number of aromatic hydroxyl groups is 1. The molecule has 2 nitrogen and oxygen atoms in total. The molecule has 5 heteroatoms. The molecule has 2 rings (SSSR count). The van der Waals surface area contributed by atoms with E-state index in [4.69, 9.17) is 34.8 Å². The van der Waals surface area contributed by atoms with Crippen LogP contribution in [0, 0.1) is 0 Å². The van der Waals surface area contributed by atoms with E-state index in [1.54, 1.807) is 36.4 Å². The fourth-order valence-electron chi connectivity index (χ4n) is 1.49. The smallest absolute Gasteiger partial charge is 0.134 e. The lowest BCUT2D eigenvalue weighted by Gasteiger charge is -2.09. The van der Waals surface area contributed by atoms with Crippen LogP contribution >= 0.6 is 34.8 Å². The molecule has 0 spiro atoms. The van der Waals surface area contributed by atoms with E-state index in [9.17, 15) is 5.11 Å². The summed E-state index contributed by atoms with van der Waals surface area (Å²) in [6.07, 6.45) is 0. The Morgan fingerprint density at radius 3 is 2.44 bits per heavy atom. The third-order valence-corrected chi connectivity index (χ3v) is 3.29. The van der Waals surface area contributed by atoms with E-state index in [0.29, 0.717) is 21.6 Å². The average Bonchev–Trinajstić information content (AvgIpc) is 2.34. The van der Waals surface area contributed by atoms with E-state index >= 15 is 0 Å². The minimum Gasteiger partial charge on any atom is -0.506 e. The van der Waals surface area contributed by atoms with Crippen LogP contribution in [0.25, 0.3) is 0 Å². The molecule has 2 N–H and O–H groups in total. The monoisotopic (exact) mass is 301 g/mol. The van der Waals surface area contributed by atoms with Crippen molar-refractivity contribution < 1.29 is 5.11 Å². The highest BCUT2D eigenvalue weighted by Gasteiger charge is 2.03. The third kappa shape index (κ3) is 3.22. The number of nitrogens with one attached hydrogen (secondary N) is 1. The Balaban J connectivity index is 2.11. The average molecular weight is 303 g/mol. The van der Waals surface area contributed by atoms with Crippen LogP contribution in [0.4, 0.5) is 5.69 Å². The van der Waals surface area contributed by atoms with Crippen LogP contribution in [-0.4, -0.2) is 5.11 Å². The first kappa shape index (κ1) is 13.3. The molecule has 0 aromatic heterocycles. The highest BCUT2D eigenvalue weighted by molar-refractivity contribution is 6.35. The molecule has 0 atom stereocenters. The van der Waals surface area contributed by atoms with E-state index in [1.807, 2.05) is 0 Å². The maximum Gasteiger partial charge on any atom is 0.134 e. The van der Waals surface area contributed by atoms with Gasteiger partial charge in [-0.25, -0.2) is 0 Å². The van der Waals surface area contributed by atoms with E-state index in [-0.39, 0.29) is 5.75 Å². The summed E-state index contributed by atoms with van der Waals surface area (Å²) in [5.41, 5.74) is 1.70. The maximum atomic E-state index is 9.32. The van der Waals surface area contributed by atoms with E-state index in [0.717, 1.165) is 11.3 Å². The Labute approximate surface area is 120 Å². The first-order chi connectivity index (χ1) is 8.56. The fourth-order valence-corrected chi connectivity index (χ4v) is 2.05. The molecule has 0 aliphatic heterocycles. The maximum absolute atomic E-state index is 9.32. The summed E-state index contributed by atoms with van der Waals surface area (Å²) in [5.74, 6) is 0.0706. The molecule has 0 unspecified atom stereocenters. The summed E-state index contributed by atoms with van der Waals surface area (Å²) in [5, 5.41) is 14.0. The van der Waals surface area contributed by atoms with Gasteiger partial charge in [0.15, 0.2) is 0 Å². The number of phenols is 1. The Kier molecular flexibility index (Phi) is 4.23. The van der Waals surface area contributed by atoms with Gasteiger partial charge in [0.1, 0.15) is 5.75 Å². The summed E-state index contributed by atoms with van der Waals surface area (Å²) < 4.78 is 0. The first-order valence-electron chi connectivity index (χ1n) is 5.22. The third-order valence-electron chi connectivity index (χ3n) is 2.42. The molecule has 0 saturated carbocycles. The topological polar surface area (TPSA) is 32.3 Å². The van der Waals surface area contributed by atoms with Crippen molar-refractivity contribution in [1.82, 2.24) is 0 Å². The molecule has 0 saturated heterocycles. The van der Waals surface area contributed by atoms with Crippen LogP contribution in [0.2, 0.25) is 15.1 Å². The van der Waals surface area contributed by atoms with Crippen molar-refractivity contribution in [3.63, 3.8) is 0 Å².